The van der Waals surface area contributed by atoms with Crippen molar-refractivity contribution in [2.75, 3.05) is 6.54 Å². The van der Waals surface area contributed by atoms with Crippen LogP contribution in [0.25, 0.3) is 0 Å². The van der Waals surface area contributed by atoms with E-state index in [2.05, 4.69) is 17.2 Å². The summed E-state index contributed by atoms with van der Waals surface area (Å²) in [5, 5.41) is 4.78. The number of aryl methyl sites for hydroxylation is 1. The Kier molecular flexibility index (Phi) is 4.86. The SMILES string of the molecule is CCCNC(c1ccc(Cl)cc1Cl)c1nccn1C. The number of rotatable bonds is 5. The molecule has 1 N–H and O–H groups in total. The summed E-state index contributed by atoms with van der Waals surface area (Å²) in [4.78, 5) is 4.42. The third-order valence-corrected chi connectivity index (χ3v) is 3.55. The Morgan fingerprint density at radius 1 is 1.37 bits per heavy atom. The molecule has 2 aromatic rings. The second kappa shape index (κ2) is 6.42. The highest BCUT2D eigenvalue weighted by molar-refractivity contribution is 6.35. The molecule has 5 heteroatoms. The van der Waals surface area contributed by atoms with Crippen LogP contribution in [0.5, 0.6) is 0 Å². The summed E-state index contributed by atoms with van der Waals surface area (Å²) >= 11 is 12.3. The van der Waals surface area contributed by atoms with Crippen molar-refractivity contribution in [2.45, 2.75) is 19.4 Å². The molecule has 0 aliphatic heterocycles. The van der Waals surface area contributed by atoms with Crippen molar-refractivity contribution in [1.82, 2.24) is 14.9 Å². The van der Waals surface area contributed by atoms with Crippen LogP contribution in [0, 0.1) is 0 Å². The fourth-order valence-electron chi connectivity index (χ4n) is 2.02. The Labute approximate surface area is 123 Å². The summed E-state index contributed by atoms with van der Waals surface area (Å²) in [6.45, 7) is 3.03. The molecule has 0 fully saturated rings. The molecule has 1 aromatic heterocycles. The van der Waals surface area contributed by atoms with Gasteiger partial charge in [-0.25, -0.2) is 4.98 Å². The lowest BCUT2D eigenvalue weighted by Gasteiger charge is -2.20. The van der Waals surface area contributed by atoms with Gasteiger partial charge >= 0.3 is 0 Å². The summed E-state index contributed by atoms with van der Waals surface area (Å²) in [5.74, 6) is 0.942. The molecular formula is C14H17Cl2N3. The Bertz CT molecular complexity index is 551. The fraction of sp³-hybridized carbons (Fsp3) is 0.357. The molecule has 1 unspecified atom stereocenters. The first-order valence-corrected chi connectivity index (χ1v) is 7.04. The van der Waals surface area contributed by atoms with Gasteiger partial charge in [-0.15, -0.1) is 0 Å². The van der Waals surface area contributed by atoms with Crippen LogP contribution >= 0.6 is 23.2 Å². The zero-order valence-corrected chi connectivity index (χ0v) is 12.5. The number of nitrogens with zero attached hydrogens (tertiary/aromatic N) is 2. The van der Waals surface area contributed by atoms with Gasteiger partial charge in [0.25, 0.3) is 0 Å². The number of imidazole rings is 1. The van der Waals surface area contributed by atoms with E-state index < -0.39 is 0 Å². The predicted molar refractivity (Wildman–Crippen MR) is 79.8 cm³/mol. The fourth-order valence-corrected chi connectivity index (χ4v) is 2.54. The molecule has 0 saturated heterocycles. The second-order valence-corrected chi connectivity index (χ2v) is 5.29. The molecule has 3 nitrogen and oxygen atoms in total. The highest BCUT2D eigenvalue weighted by atomic mass is 35.5. The van der Waals surface area contributed by atoms with Crippen LogP contribution in [0.3, 0.4) is 0 Å². The Morgan fingerprint density at radius 2 is 2.16 bits per heavy atom. The van der Waals surface area contributed by atoms with Gasteiger partial charge in [0.05, 0.1) is 6.04 Å². The number of hydrogen-bond acceptors (Lipinski definition) is 2. The van der Waals surface area contributed by atoms with E-state index in [0.29, 0.717) is 10.0 Å². The van der Waals surface area contributed by atoms with Gasteiger partial charge in [0.1, 0.15) is 5.82 Å². The van der Waals surface area contributed by atoms with E-state index in [1.54, 1.807) is 12.3 Å². The molecule has 1 atom stereocenters. The standard InChI is InChI=1S/C14H17Cl2N3/c1-3-6-17-13(14-18-7-8-19(14)2)11-5-4-10(15)9-12(11)16/h4-5,7-9,13,17H,3,6H2,1-2H3. The first-order chi connectivity index (χ1) is 9.13. The van der Waals surface area contributed by atoms with Crippen LogP contribution in [0.2, 0.25) is 10.0 Å². The lowest BCUT2D eigenvalue weighted by molar-refractivity contribution is 0.556. The molecule has 1 aromatic carbocycles. The van der Waals surface area contributed by atoms with Crippen molar-refractivity contribution in [1.29, 1.82) is 0 Å². The molecule has 0 saturated carbocycles. The highest BCUT2D eigenvalue weighted by Crippen LogP contribution is 2.29. The summed E-state index contributed by atoms with van der Waals surface area (Å²) in [5.41, 5.74) is 0.994. The van der Waals surface area contributed by atoms with Crippen LogP contribution in [-0.2, 0) is 7.05 Å². The number of nitrogens with one attached hydrogen (secondary N) is 1. The topological polar surface area (TPSA) is 29.9 Å². The van der Waals surface area contributed by atoms with E-state index in [-0.39, 0.29) is 6.04 Å². The Hall–Kier alpha value is -1.03. The van der Waals surface area contributed by atoms with Gasteiger partial charge in [0.2, 0.25) is 0 Å². The number of halogens is 2. The van der Waals surface area contributed by atoms with Crippen molar-refractivity contribution in [2.24, 2.45) is 7.05 Å². The predicted octanol–water partition coefficient (Wildman–Crippen LogP) is 3.82. The van der Waals surface area contributed by atoms with Crippen molar-refractivity contribution in [3.63, 3.8) is 0 Å². The van der Waals surface area contributed by atoms with Crippen LogP contribution in [0.4, 0.5) is 0 Å². The number of aromatic nitrogens is 2. The van der Waals surface area contributed by atoms with E-state index in [1.165, 1.54) is 0 Å². The maximum atomic E-state index is 6.31. The third-order valence-electron chi connectivity index (χ3n) is 2.99. The zero-order chi connectivity index (χ0) is 13.8. The maximum Gasteiger partial charge on any atom is 0.130 e. The smallest absolute Gasteiger partial charge is 0.130 e. The van der Waals surface area contributed by atoms with Crippen molar-refractivity contribution in [3.05, 3.63) is 52.0 Å². The highest BCUT2D eigenvalue weighted by Gasteiger charge is 2.20. The second-order valence-electron chi connectivity index (χ2n) is 4.45. The van der Waals surface area contributed by atoms with Gasteiger partial charge in [-0.2, -0.15) is 0 Å². The van der Waals surface area contributed by atoms with Gasteiger partial charge in [0.15, 0.2) is 0 Å². The molecule has 0 radical (unpaired) electrons. The van der Waals surface area contributed by atoms with Gasteiger partial charge in [-0.05, 0) is 30.7 Å². The lowest BCUT2D eigenvalue weighted by atomic mass is 10.1. The number of hydrogen-bond donors (Lipinski definition) is 1. The summed E-state index contributed by atoms with van der Waals surface area (Å²) in [6, 6.07) is 5.55. The van der Waals surface area contributed by atoms with Crippen LogP contribution in [0.1, 0.15) is 30.8 Å². The molecule has 0 amide bonds. The van der Waals surface area contributed by atoms with Gasteiger partial charge in [0, 0.05) is 29.5 Å². The maximum absolute atomic E-state index is 6.31. The zero-order valence-electron chi connectivity index (χ0n) is 11.0. The minimum absolute atomic E-state index is 0.0234. The summed E-state index contributed by atoms with van der Waals surface area (Å²) in [7, 11) is 1.98. The van der Waals surface area contributed by atoms with Crippen molar-refractivity contribution >= 4 is 23.2 Å². The van der Waals surface area contributed by atoms with Gasteiger partial charge in [-0.3, -0.25) is 0 Å². The van der Waals surface area contributed by atoms with E-state index in [1.807, 2.05) is 29.9 Å². The molecule has 1 heterocycles. The molecule has 0 aliphatic carbocycles. The van der Waals surface area contributed by atoms with Crippen molar-refractivity contribution in [3.8, 4) is 0 Å². The van der Waals surface area contributed by atoms with E-state index in [9.17, 15) is 0 Å². The van der Waals surface area contributed by atoms with E-state index in [0.717, 1.165) is 24.4 Å². The average molecular weight is 298 g/mol. The molecule has 2 rings (SSSR count). The summed E-state index contributed by atoms with van der Waals surface area (Å²) < 4.78 is 2.00. The van der Waals surface area contributed by atoms with E-state index >= 15 is 0 Å². The van der Waals surface area contributed by atoms with Crippen LogP contribution in [-0.4, -0.2) is 16.1 Å². The summed E-state index contributed by atoms with van der Waals surface area (Å²) in [6.07, 6.45) is 4.77. The molecule has 19 heavy (non-hydrogen) atoms. The van der Waals surface area contributed by atoms with Crippen molar-refractivity contribution < 1.29 is 0 Å². The monoisotopic (exact) mass is 297 g/mol. The van der Waals surface area contributed by atoms with Crippen LogP contribution < -0.4 is 5.32 Å². The van der Waals surface area contributed by atoms with Gasteiger partial charge < -0.3 is 9.88 Å². The van der Waals surface area contributed by atoms with Crippen LogP contribution in [0.15, 0.2) is 30.6 Å². The van der Waals surface area contributed by atoms with E-state index in [4.69, 9.17) is 23.2 Å². The minimum atomic E-state index is -0.0234. The third kappa shape index (κ3) is 3.30. The minimum Gasteiger partial charge on any atom is -0.336 e. The average Bonchev–Trinajstić information content (AvgIpc) is 2.78. The molecule has 0 spiro atoms. The first-order valence-electron chi connectivity index (χ1n) is 6.29. The quantitative estimate of drug-likeness (QED) is 0.909. The lowest BCUT2D eigenvalue weighted by Crippen LogP contribution is -2.26. The first kappa shape index (κ1) is 14.4. The number of benzene rings is 1. The molecule has 0 bridgehead atoms. The Morgan fingerprint density at radius 3 is 2.74 bits per heavy atom. The molecular weight excluding hydrogens is 281 g/mol. The Balaban J connectivity index is 2.40. The molecule has 0 aliphatic rings. The van der Waals surface area contributed by atoms with Gasteiger partial charge in [-0.1, -0.05) is 36.2 Å². The largest absolute Gasteiger partial charge is 0.336 e. The molecule has 102 valence electrons. The normalized spacial score (nSPS) is 12.6.